The number of aliphatic imine (C=N–C) groups is 1. The van der Waals surface area contributed by atoms with E-state index in [2.05, 4.69) is 45.8 Å². The summed E-state index contributed by atoms with van der Waals surface area (Å²) in [4.78, 5) is 11.6. The Bertz CT molecular complexity index is 725. The van der Waals surface area contributed by atoms with Crippen LogP contribution in [0.3, 0.4) is 0 Å². The molecule has 0 aromatic carbocycles. The van der Waals surface area contributed by atoms with E-state index in [1.54, 1.807) is 17.6 Å². The van der Waals surface area contributed by atoms with Gasteiger partial charge in [0.05, 0.1) is 23.0 Å². The number of piperidine rings is 1. The Morgan fingerprint density at radius 2 is 2.07 bits per heavy atom. The van der Waals surface area contributed by atoms with Gasteiger partial charge in [0, 0.05) is 37.9 Å². The van der Waals surface area contributed by atoms with Gasteiger partial charge in [-0.2, -0.15) is 0 Å². The first kappa shape index (κ1) is 24.1. The van der Waals surface area contributed by atoms with Crippen LogP contribution >= 0.6 is 35.3 Å². The predicted octanol–water partition coefficient (Wildman–Crippen LogP) is 4.41. The molecule has 1 saturated heterocycles. The van der Waals surface area contributed by atoms with E-state index in [-0.39, 0.29) is 30.0 Å². The van der Waals surface area contributed by atoms with Crippen LogP contribution in [0.1, 0.15) is 61.5 Å². The summed E-state index contributed by atoms with van der Waals surface area (Å²) < 4.78 is 5.73. The fraction of sp³-hybridized carbons (Fsp3) is 0.619. The van der Waals surface area contributed by atoms with Crippen LogP contribution in [0, 0.1) is 0 Å². The number of nitrogens with one attached hydrogen (secondary N) is 2. The molecule has 6 nitrogen and oxygen atoms in total. The van der Waals surface area contributed by atoms with E-state index in [0.717, 1.165) is 50.0 Å². The fourth-order valence-corrected chi connectivity index (χ4v) is 4.42. The highest BCUT2D eigenvalue weighted by Gasteiger charge is 2.24. The maximum Gasteiger partial charge on any atom is 0.191 e. The maximum absolute atomic E-state index is 5.73. The lowest BCUT2D eigenvalue weighted by Crippen LogP contribution is -2.44. The van der Waals surface area contributed by atoms with Crippen molar-refractivity contribution in [1.82, 2.24) is 20.5 Å². The monoisotopic (exact) mass is 531 g/mol. The summed E-state index contributed by atoms with van der Waals surface area (Å²) in [7, 11) is 1.82. The van der Waals surface area contributed by atoms with Crippen LogP contribution < -0.4 is 10.6 Å². The molecule has 0 aliphatic carbocycles. The highest BCUT2D eigenvalue weighted by molar-refractivity contribution is 14.0. The molecule has 2 N–H and O–H groups in total. The quantitative estimate of drug-likeness (QED) is 0.300. The minimum Gasteiger partial charge on any atom is -0.468 e. The molecule has 1 fully saturated rings. The van der Waals surface area contributed by atoms with Gasteiger partial charge >= 0.3 is 0 Å². The summed E-state index contributed by atoms with van der Waals surface area (Å²) in [5.74, 6) is 2.34. The molecule has 0 radical (unpaired) electrons. The van der Waals surface area contributed by atoms with Crippen molar-refractivity contribution >= 4 is 41.3 Å². The zero-order valence-electron chi connectivity index (χ0n) is 17.7. The minimum atomic E-state index is 0. The first-order valence-electron chi connectivity index (χ1n) is 10.3. The molecule has 1 aliphatic heterocycles. The number of hydrogen-bond acceptors (Lipinski definition) is 5. The molecule has 0 spiro atoms. The van der Waals surface area contributed by atoms with Crippen molar-refractivity contribution in [1.29, 1.82) is 0 Å². The number of guanidine groups is 1. The van der Waals surface area contributed by atoms with Crippen molar-refractivity contribution < 1.29 is 4.42 Å². The van der Waals surface area contributed by atoms with Crippen LogP contribution in [0.2, 0.25) is 0 Å². The van der Waals surface area contributed by atoms with Gasteiger partial charge in [-0.1, -0.05) is 20.3 Å². The van der Waals surface area contributed by atoms with E-state index >= 15 is 0 Å². The molecule has 0 saturated carbocycles. The van der Waals surface area contributed by atoms with Crippen molar-refractivity contribution in [3.63, 3.8) is 0 Å². The van der Waals surface area contributed by atoms with Gasteiger partial charge in [-0.05, 0) is 38.1 Å². The van der Waals surface area contributed by atoms with Crippen LogP contribution in [0.4, 0.5) is 0 Å². The fourth-order valence-electron chi connectivity index (χ4n) is 3.55. The Hall–Kier alpha value is -1.13. The Balaban J connectivity index is 0.00000300. The predicted molar refractivity (Wildman–Crippen MR) is 132 cm³/mol. The third kappa shape index (κ3) is 7.25. The van der Waals surface area contributed by atoms with Gasteiger partial charge in [-0.25, -0.2) is 4.98 Å². The first-order chi connectivity index (χ1) is 13.7. The molecule has 1 atom stereocenters. The largest absolute Gasteiger partial charge is 0.468 e. The maximum atomic E-state index is 5.73. The third-order valence-corrected chi connectivity index (χ3v) is 6.32. The molecule has 2 aromatic heterocycles. The second-order valence-corrected chi connectivity index (χ2v) is 8.48. The number of aromatic nitrogens is 1. The molecule has 0 amide bonds. The molecule has 3 rings (SSSR count). The lowest BCUT2D eigenvalue weighted by atomic mass is 10.1. The summed E-state index contributed by atoms with van der Waals surface area (Å²) >= 11 is 1.75. The van der Waals surface area contributed by atoms with Gasteiger partial charge in [0.2, 0.25) is 0 Å². The van der Waals surface area contributed by atoms with Crippen molar-refractivity contribution in [3.8, 4) is 0 Å². The van der Waals surface area contributed by atoms with Gasteiger partial charge in [0.1, 0.15) is 5.76 Å². The third-order valence-electron chi connectivity index (χ3n) is 5.13. The number of furan rings is 1. The van der Waals surface area contributed by atoms with Gasteiger partial charge < -0.3 is 15.1 Å². The van der Waals surface area contributed by atoms with E-state index in [0.29, 0.717) is 5.92 Å². The van der Waals surface area contributed by atoms with Crippen LogP contribution in [-0.2, 0) is 6.42 Å². The van der Waals surface area contributed by atoms with E-state index in [1.807, 2.05) is 13.1 Å². The second kappa shape index (κ2) is 12.5. The summed E-state index contributed by atoms with van der Waals surface area (Å²) in [5.41, 5.74) is 1.15. The molecule has 1 aliphatic rings. The molecule has 8 heteroatoms. The average molecular weight is 532 g/mol. The Kier molecular flexibility index (Phi) is 10.4. The van der Waals surface area contributed by atoms with Crippen LogP contribution in [-0.4, -0.2) is 49.1 Å². The number of thiazole rings is 1. The van der Waals surface area contributed by atoms with Crippen molar-refractivity contribution in [3.05, 3.63) is 40.2 Å². The van der Waals surface area contributed by atoms with Crippen molar-refractivity contribution in [2.75, 3.05) is 33.2 Å². The smallest absolute Gasteiger partial charge is 0.191 e. The SMILES string of the molecule is CN=C(NCCc1csc(C(C)C)n1)NCC(c1ccco1)N1CCCCC1.I. The molecular formula is C21H34IN5OS. The van der Waals surface area contributed by atoms with Gasteiger partial charge in [-0.15, -0.1) is 35.3 Å². The van der Waals surface area contributed by atoms with E-state index in [4.69, 9.17) is 9.40 Å². The zero-order valence-corrected chi connectivity index (χ0v) is 20.8. The lowest BCUT2D eigenvalue weighted by Gasteiger charge is -2.33. The van der Waals surface area contributed by atoms with Crippen molar-refractivity contribution in [2.24, 2.45) is 4.99 Å². The topological polar surface area (TPSA) is 65.7 Å². The van der Waals surface area contributed by atoms with E-state index in [1.165, 1.54) is 24.3 Å². The lowest BCUT2D eigenvalue weighted by molar-refractivity contribution is 0.146. The number of nitrogens with zero attached hydrogens (tertiary/aromatic N) is 3. The molecule has 0 bridgehead atoms. The molecule has 1 unspecified atom stereocenters. The molecule has 29 heavy (non-hydrogen) atoms. The Morgan fingerprint density at radius 1 is 1.28 bits per heavy atom. The standard InChI is InChI=1S/C21H33N5OS.HI/c1-16(2)20-25-17(15-28-20)9-10-23-21(22-3)24-14-18(19-8-7-13-27-19)26-11-5-4-6-12-26;/h7-8,13,15-16,18H,4-6,9-12,14H2,1-3H3,(H2,22,23,24);1H. The first-order valence-corrected chi connectivity index (χ1v) is 11.2. The van der Waals surface area contributed by atoms with Gasteiger partial charge in [-0.3, -0.25) is 9.89 Å². The number of rotatable bonds is 8. The minimum absolute atomic E-state index is 0. The Morgan fingerprint density at radius 3 is 2.69 bits per heavy atom. The number of likely N-dealkylation sites (tertiary alicyclic amines) is 1. The highest BCUT2D eigenvalue weighted by Crippen LogP contribution is 2.24. The summed E-state index contributed by atoms with van der Waals surface area (Å²) in [6.07, 6.45) is 6.51. The molecule has 162 valence electrons. The summed E-state index contributed by atoms with van der Waals surface area (Å²) in [5, 5.41) is 10.3. The van der Waals surface area contributed by atoms with Gasteiger partial charge in [0.15, 0.2) is 5.96 Å². The number of halogens is 1. The molecule has 3 heterocycles. The van der Waals surface area contributed by atoms with Crippen LogP contribution in [0.15, 0.2) is 33.2 Å². The van der Waals surface area contributed by atoms with Crippen molar-refractivity contribution in [2.45, 2.75) is 51.5 Å². The van der Waals surface area contributed by atoms with Gasteiger partial charge in [0.25, 0.3) is 0 Å². The summed E-state index contributed by atoms with van der Waals surface area (Å²) in [6.45, 7) is 8.22. The zero-order chi connectivity index (χ0) is 19.8. The highest BCUT2D eigenvalue weighted by atomic mass is 127. The van der Waals surface area contributed by atoms with E-state index < -0.39 is 0 Å². The molecule has 2 aromatic rings. The summed E-state index contributed by atoms with van der Waals surface area (Å²) in [6, 6.07) is 4.28. The second-order valence-electron chi connectivity index (χ2n) is 7.59. The van der Waals surface area contributed by atoms with Crippen LogP contribution in [0.5, 0.6) is 0 Å². The van der Waals surface area contributed by atoms with Crippen LogP contribution in [0.25, 0.3) is 0 Å². The van der Waals surface area contributed by atoms with E-state index in [9.17, 15) is 0 Å². The number of hydrogen-bond donors (Lipinski definition) is 2. The average Bonchev–Trinajstić information content (AvgIpc) is 3.40. The molecular weight excluding hydrogens is 497 g/mol. The Labute approximate surface area is 195 Å². The normalized spacial score (nSPS) is 16.5.